The van der Waals surface area contributed by atoms with E-state index in [1.165, 1.54) is 0 Å². The first-order valence-corrected chi connectivity index (χ1v) is 3.51. The monoisotopic (exact) mass is 247 g/mol. The number of aldehydes is 1. The molecule has 0 saturated carbocycles. The summed E-state index contributed by atoms with van der Waals surface area (Å²) in [4.78, 5) is 20.1. The molecule has 0 aliphatic rings. The van der Waals surface area contributed by atoms with Gasteiger partial charge in [-0.1, -0.05) is 24.3 Å². The molecule has 0 aliphatic carbocycles. The SMILES string of the molecule is O=[C-]NCc1ccc(C=O)cc1.[Rb+]. The third-order valence-corrected chi connectivity index (χ3v) is 1.48. The summed E-state index contributed by atoms with van der Waals surface area (Å²) in [7, 11) is 0. The van der Waals surface area contributed by atoms with E-state index in [1.54, 1.807) is 30.7 Å². The van der Waals surface area contributed by atoms with Crippen molar-refractivity contribution in [1.29, 1.82) is 0 Å². The van der Waals surface area contributed by atoms with Gasteiger partial charge in [-0.15, -0.1) is 0 Å². The zero-order valence-electron chi connectivity index (χ0n) is 7.41. The second-order valence-electron chi connectivity index (χ2n) is 2.32. The van der Waals surface area contributed by atoms with Crippen LogP contribution < -0.4 is 63.5 Å². The molecule has 62 valence electrons. The smallest absolute Gasteiger partial charge is 0.526 e. The number of amides is 1. The molecule has 0 bridgehead atoms. The van der Waals surface area contributed by atoms with Gasteiger partial charge in [-0.05, 0) is 5.56 Å². The van der Waals surface area contributed by atoms with Crippen molar-refractivity contribution in [2.75, 3.05) is 0 Å². The van der Waals surface area contributed by atoms with Crippen LogP contribution >= 0.6 is 0 Å². The van der Waals surface area contributed by atoms with Crippen molar-refractivity contribution in [2.45, 2.75) is 6.54 Å². The fraction of sp³-hybridized carbons (Fsp3) is 0.111. The van der Waals surface area contributed by atoms with E-state index in [2.05, 4.69) is 5.32 Å². The Labute approximate surface area is 126 Å². The first-order valence-electron chi connectivity index (χ1n) is 3.51. The Morgan fingerprint density at radius 1 is 1.31 bits per heavy atom. The second-order valence-corrected chi connectivity index (χ2v) is 2.32. The zero-order chi connectivity index (χ0) is 8.81. The van der Waals surface area contributed by atoms with Crippen molar-refractivity contribution in [3.63, 3.8) is 0 Å². The van der Waals surface area contributed by atoms with Crippen LogP contribution in [0.4, 0.5) is 0 Å². The number of hydrogen-bond donors (Lipinski definition) is 1. The third kappa shape index (κ3) is 4.81. The molecule has 0 heterocycles. The van der Waals surface area contributed by atoms with Crippen molar-refractivity contribution in [2.24, 2.45) is 0 Å². The molecule has 0 spiro atoms. The molecular weight excluding hydrogens is 240 g/mol. The molecule has 0 aromatic heterocycles. The summed E-state index contributed by atoms with van der Waals surface area (Å²) < 4.78 is 0. The van der Waals surface area contributed by atoms with Crippen molar-refractivity contribution in [1.82, 2.24) is 5.32 Å². The molecule has 1 N–H and O–H groups in total. The van der Waals surface area contributed by atoms with Crippen molar-refractivity contribution in [3.8, 4) is 0 Å². The number of carbonyl (C=O) groups is 1. The summed E-state index contributed by atoms with van der Waals surface area (Å²) in [5.74, 6) is 0. The van der Waals surface area contributed by atoms with Crippen molar-refractivity contribution >= 4 is 12.7 Å². The van der Waals surface area contributed by atoms with Gasteiger partial charge in [0.05, 0.1) is 0 Å². The fourth-order valence-corrected chi connectivity index (χ4v) is 0.852. The van der Waals surface area contributed by atoms with Gasteiger partial charge in [0.15, 0.2) is 0 Å². The summed E-state index contributed by atoms with van der Waals surface area (Å²) in [6.45, 7) is 0.447. The van der Waals surface area contributed by atoms with Crippen LogP contribution in [0.3, 0.4) is 0 Å². The van der Waals surface area contributed by atoms with E-state index in [-0.39, 0.29) is 58.2 Å². The Bertz CT molecular complexity index is 271. The van der Waals surface area contributed by atoms with E-state index in [1.807, 2.05) is 0 Å². The minimum absolute atomic E-state index is 0. The van der Waals surface area contributed by atoms with Crippen LogP contribution in [-0.4, -0.2) is 12.7 Å². The average Bonchev–Trinajstić information content (AvgIpc) is 2.15. The molecule has 1 amide bonds. The maximum Gasteiger partial charge on any atom is 1.00 e. The Hall–Kier alpha value is 0.165. The van der Waals surface area contributed by atoms with Crippen LogP contribution in [0, 0.1) is 0 Å². The Morgan fingerprint density at radius 2 is 1.92 bits per heavy atom. The molecule has 3 nitrogen and oxygen atoms in total. The van der Waals surface area contributed by atoms with E-state index in [0.29, 0.717) is 12.1 Å². The van der Waals surface area contributed by atoms with Crippen molar-refractivity contribution in [3.05, 3.63) is 35.4 Å². The molecule has 0 unspecified atom stereocenters. The van der Waals surface area contributed by atoms with Crippen LogP contribution in [0.5, 0.6) is 0 Å². The predicted molar refractivity (Wildman–Crippen MR) is 44.4 cm³/mol. The summed E-state index contributed by atoms with van der Waals surface area (Å²) in [5.41, 5.74) is 1.58. The van der Waals surface area contributed by atoms with E-state index < -0.39 is 0 Å². The van der Waals surface area contributed by atoms with E-state index >= 15 is 0 Å². The maximum atomic E-state index is 10.3. The number of nitrogens with one attached hydrogen (secondary N) is 1. The normalized spacial score (nSPS) is 8.31. The molecule has 0 saturated heterocycles. The molecule has 1 aromatic carbocycles. The molecule has 0 aliphatic heterocycles. The van der Waals surface area contributed by atoms with Crippen LogP contribution in [0.1, 0.15) is 15.9 Å². The molecular formula is C9H8NO2Rb. The number of rotatable bonds is 4. The average molecular weight is 248 g/mol. The van der Waals surface area contributed by atoms with Crippen LogP contribution in [0.2, 0.25) is 0 Å². The Balaban J connectivity index is 0.00000144. The molecule has 0 atom stereocenters. The molecule has 0 fully saturated rings. The summed E-state index contributed by atoms with van der Waals surface area (Å²) in [5, 5.41) is 2.41. The Morgan fingerprint density at radius 3 is 2.38 bits per heavy atom. The van der Waals surface area contributed by atoms with Gasteiger partial charge >= 0.3 is 58.2 Å². The molecule has 0 radical (unpaired) electrons. The molecule has 1 aromatic rings. The summed E-state index contributed by atoms with van der Waals surface area (Å²) >= 11 is 0. The van der Waals surface area contributed by atoms with Gasteiger partial charge in [0.1, 0.15) is 6.29 Å². The summed E-state index contributed by atoms with van der Waals surface area (Å²) in [6, 6.07) is 6.98. The van der Waals surface area contributed by atoms with Gasteiger partial charge < -0.3 is 10.1 Å². The second kappa shape index (κ2) is 7.56. The predicted octanol–water partition coefficient (Wildman–Crippen LogP) is -2.34. The van der Waals surface area contributed by atoms with Crippen LogP contribution in [0.25, 0.3) is 0 Å². The number of carbonyl (C=O) groups excluding carboxylic acids is 2. The van der Waals surface area contributed by atoms with Gasteiger partial charge in [-0.2, -0.15) is 6.41 Å². The minimum atomic E-state index is 0. The van der Waals surface area contributed by atoms with E-state index in [4.69, 9.17) is 0 Å². The largest absolute Gasteiger partial charge is 1.00 e. The van der Waals surface area contributed by atoms with E-state index in [9.17, 15) is 9.59 Å². The zero-order valence-corrected chi connectivity index (χ0v) is 12.3. The van der Waals surface area contributed by atoms with Gasteiger partial charge in [-0.3, -0.25) is 4.79 Å². The minimum Gasteiger partial charge on any atom is -0.526 e. The van der Waals surface area contributed by atoms with Gasteiger partial charge in [0, 0.05) is 12.1 Å². The quantitative estimate of drug-likeness (QED) is 0.368. The van der Waals surface area contributed by atoms with Gasteiger partial charge in [0.2, 0.25) is 0 Å². The van der Waals surface area contributed by atoms with Gasteiger partial charge in [-0.25, -0.2) is 0 Å². The molecule has 4 heteroatoms. The van der Waals surface area contributed by atoms with Crippen LogP contribution in [0.15, 0.2) is 24.3 Å². The van der Waals surface area contributed by atoms with Crippen LogP contribution in [-0.2, 0) is 11.3 Å². The standard InChI is InChI=1S/C9H8NO2.Rb/c11-6-9-3-1-8(2-4-9)5-10-7-12;/h1-4,6H,5H2,(H,10,12);/q-1;+1. The molecule has 13 heavy (non-hydrogen) atoms. The first-order chi connectivity index (χ1) is 5.86. The number of benzene rings is 1. The first kappa shape index (κ1) is 13.2. The van der Waals surface area contributed by atoms with E-state index in [0.717, 1.165) is 11.8 Å². The van der Waals surface area contributed by atoms with Gasteiger partial charge in [0.25, 0.3) is 0 Å². The fourth-order valence-electron chi connectivity index (χ4n) is 0.852. The third-order valence-electron chi connectivity index (χ3n) is 1.48. The van der Waals surface area contributed by atoms with Crippen molar-refractivity contribution < 1.29 is 67.8 Å². The number of hydrogen-bond acceptors (Lipinski definition) is 2. The summed E-state index contributed by atoms with van der Waals surface area (Å²) in [6.07, 6.45) is 2.36. The molecule has 1 rings (SSSR count). The topological polar surface area (TPSA) is 46.2 Å². The maximum absolute atomic E-state index is 10.3. The Kier molecular flexibility index (Phi) is 7.65.